The number of para-hydroxylation sites is 1. The predicted molar refractivity (Wildman–Crippen MR) is 76.9 cm³/mol. The smallest absolute Gasteiger partial charge is 0.0705 e. The van der Waals surface area contributed by atoms with Crippen LogP contribution in [0.15, 0.2) is 36.5 Å². The highest BCUT2D eigenvalue weighted by Crippen LogP contribution is 2.28. The third-order valence-corrected chi connectivity index (χ3v) is 4.60. The number of hydrogen-bond donors (Lipinski definition) is 1. The summed E-state index contributed by atoms with van der Waals surface area (Å²) in [6, 6.07) is 10.6. The largest absolute Gasteiger partial charge is 0.316 e. The maximum Gasteiger partial charge on any atom is 0.0705 e. The second kappa shape index (κ2) is 4.58. The van der Waals surface area contributed by atoms with Crippen molar-refractivity contribution in [2.45, 2.75) is 6.54 Å². The lowest BCUT2D eigenvalue weighted by Crippen LogP contribution is -2.25. The van der Waals surface area contributed by atoms with Gasteiger partial charge >= 0.3 is 0 Å². The van der Waals surface area contributed by atoms with Crippen molar-refractivity contribution < 1.29 is 0 Å². The van der Waals surface area contributed by atoms with Gasteiger partial charge in [-0.05, 0) is 42.6 Å². The minimum Gasteiger partial charge on any atom is -0.316 e. The zero-order valence-electron chi connectivity index (χ0n) is 11.0. The van der Waals surface area contributed by atoms with E-state index in [1.54, 1.807) is 0 Å². The third-order valence-electron chi connectivity index (χ3n) is 4.60. The number of hydrogen-bond acceptors (Lipinski definition) is 3. The van der Waals surface area contributed by atoms with Crippen molar-refractivity contribution in [1.82, 2.24) is 15.2 Å². The molecule has 2 fully saturated rings. The van der Waals surface area contributed by atoms with Crippen LogP contribution in [-0.4, -0.2) is 36.1 Å². The van der Waals surface area contributed by atoms with Gasteiger partial charge < -0.3 is 5.32 Å². The lowest BCUT2D eigenvalue weighted by Gasteiger charge is -2.18. The quantitative estimate of drug-likeness (QED) is 0.886. The molecule has 3 heteroatoms. The molecule has 2 atom stereocenters. The Kier molecular flexibility index (Phi) is 2.75. The molecule has 98 valence electrons. The molecule has 2 aromatic rings. The van der Waals surface area contributed by atoms with Crippen molar-refractivity contribution in [2.75, 3.05) is 26.2 Å². The minimum absolute atomic E-state index is 0.869. The summed E-state index contributed by atoms with van der Waals surface area (Å²) in [7, 11) is 0. The first-order valence-electron chi connectivity index (χ1n) is 7.16. The highest BCUT2D eigenvalue weighted by atomic mass is 15.2. The number of likely N-dealkylation sites (tertiary alicyclic amines) is 1. The summed E-state index contributed by atoms with van der Waals surface area (Å²) >= 11 is 0. The number of nitrogens with one attached hydrogen (secondary N) is 1. The molecule has 3 nitrogen and oxygen atoms in total. The highest BCUT2D eigenvalue weighted by molar-refractivity contribution is 5.81. The van der Waals surface area contributed by atoms with Gasteiger partial charge in [0.05, 0.1) is 5.52 Å². The zero-order valence-corrected chi connectivity index (χ0v) is 11.0. The molecule has 1 aromatic heterocycles. The van der Waals surface area contributed by atoms with Crippen LogP contribution < -0.4 is 5.32 Å². The molecule has 2 aliphatic rings. The molecular weight excluding hydrogens is 234 g/mol. The summed E-state index contributed by atoms with van der Waals surface area (Å²) in [5.74, 6) is 1.74. The van der Waals surface area contributed by atoms with E-state index < -0.39 is 0 Å². The lowest BCUT2D eigenvalue weighted by molar-refractivity contribution is 0.306. The van der Waals surface area contributed by atoms with Crippen LogP contribution in [0.25, 0.3) is 10.9 Å². The Balaban J connectivity index is 1.59. The van der Waals surface area contributed by atoms with E-state index in [1.165, 1.54) is 37.1 Å². The van der Waals surface area contributed by atoms with Crippen LogP contribution in [0, 0.1) is 11.8 Å². The summed E-state index contributed by atoms with van der Waals surface area (Å²) in [6.45, 7) is 5.97. The first-order chi connectivity index (χ1) is 9.40. The standard InChI is InChI=1S/C16H19N3/c1-2-4-16-15(3-1)12(5-6-18-16)9-19-10-13-7-17-8-14(13)11-19/h1-6,13-14,17H,7-11H2. The molecule has 3 heterocycles. The Labute approximate surface area is 113 Å². The van der Waals surface area contributed by atoms with Gasteiger partial charge in [0, 0.05) is 31.2 Å². The van der Waals surface area contributed by atoms with Gasteiger partial charge in [0.2, 0.25) is 0 Å². The maximum atomic E-state index is 4.45. The van der Waals surface area contributed by atoms with Crippen LogP contribution in [0.5, 0.6) is 0 Å². The molecule has 0 saturated carbocycles. The summed E-state index contributed by atoms with van der Waals surface area (Å²) in [4.78, 5) is 7.05. The predicted octanol–water partition coefficient (Wildman–Crippen LogP) is 1.89. The van der Waals surface area contributed by atoms with Crippen LogP contribution in [-0.2, 0) is 6.54 Å². The summed E-state index contributed by atoms with van der Waals surface area (Å²) in [5, 5.41) is 4.81. The molecular formula is C16H19N3. The van der Waals surface area contributed by atoms with E-state index in [1.807, 2.05) is 6.20 Å². The van der Waals surface area contributed by atoms with E-state index >= 15 is 0 Å². The van der Waals surface area contributed by atoms with Gasteiger partial charge in [-0.3, -0.25) is 9.88 Å². The lowest BCUT2D eigenvalue weighted by atomic mass is 10.0. The van der Waals surface area contributed by atoms with Gasteiger partial charge in [-0.15, -0.1) is 0 Å². The molecule has 19 heavy (non-hydrogen) atoms. The molecule has 2 aliphatic heterocycles. The first-order valence-corrected chi connectivity index (χ1v) is 7.16. The summed E-state index contributed by atoms with van der Waals surface area (Å²) in [6.07, 6.45) is 1.94. The second-order valence-corrected chi connectivity index (χ2v) is 5.86. The molecule has 0 radical (unpaired) electrons. The van der Waals surface area contributed by atoms with Crippen LogP contribution in [0.3, 0.4) is 0 Å². The van der Waals surface area contributed by atoms with Gasteiger partial charge in [-0.1, -0.05) is 18.2 Å². The van der Waals surface area contributed by atoms with Crippen LogP contribution in [0.2, 0.25) is 0 Å². The third kappa shape index (κ3) is 2.03. The van der Waals surface area contributed by atoms with Crippen molar-refractivity contribution >= 4 is 10.9 Å². The average molecular weight is 253 g/mol. The minimum atomic E-state index is 0.869. The number of rotatable bonds is 2. The Bertz CT molecular complexity index is 578. The molecule has 1 aromatic carbocycles. The van der Waals surface area contributed by atoms with E-state index in [0.717, 1.165) is 23.9 Å². The molecule has 2 saturated heterocycles. The average Bonchev–Trinajstić information content (AvgIpc) is 3.00. The fourth-order valence-corrected chi connectivity index (χ4v) is 3.62. The molecule has 0 bridgehead atoms. The van der Waals surface area contributed by atoms with Crippen LogP contribution in [0.4, 0.5) is 0 Å². The number of pyridine rings is 1. The second-order valence-electron chi connectivity index (χ2n) is 5.86. The molecule has 0 amide bonds. The number of aromatic nitrogens is 1. The Morgan fingerprint density at radius 2 is 1.89 bits per heavy atom. The fourth-order valence-electron chi connectivity index (χ4n) is 3.62. The Morgan fingerprint density at radius 3 is 2.74 bits per heavy atom. The Hall–Kier alpha value is -1.45. The molecule has 0 aliphatic carbocycles. The molecule has 1 N–H and O–H groups in total. The Morgan fingerprint density at radius 1 is 1.11 bits per heavy atom. The van der Waals surface area contributed by atoms with Crippen molar-refractivity contribution in [1.29, 1.82) is 0 Å². The van der Waals surface area contributed by atoms with Gasteiger partial charge in [-0.25, -0.2) is 0 Å². The molecule has 4 rings (SSSR count). The van der Waals surface area contributed by atoms with Crippen molar-refractivity contribution in [3.05, 3.63) is 42.1 Å². The van der Waals surface area contributed by atoms with Gasteiger partial charge in [0.15, 0.2) is 0 Å². The van der Waals surface area contributed by atoms with E-state index in [0.29, 0.717) is 0 Å². The number of benzene rings is 1. The fraction of sp³-hybridized carbons (Fsp3) is 0.438. The SMILES string of the molecule is c1ccc2c(CN3CC4CNCC4C3)ccnc2c1. The first kappa shape index (κ1) is 11.4. The normalized spacial score (nSPS) is 26.9. The van der Waals surface area contributed by atoms with E-state index in [4.69, 9.17) is 0 Å². The molecule has 2 unspecified atom stereocenters. The zero-order chi connectivity index (χ0) is 12.7. The van der Waals surface area contributed by atoms with E-state index in [-0.39, 0.29) is 0 Å². The number of nitrogens with zero attached hydrogens (tertiary/aromatic N) is 2. The highest BCUT2D eigenvalue weighted by Gasteiger charge is 2.35. The van der Waals surface area contributed by atoms with Crippen molar-refractivity contribution in [2.24, 2.45) is 11.8 Å². The molecule has 0 spiro atoms. The van der Waals surface area contributed by atoms with Gasteiger partial charge in [0.25, 0.3) is 0 Å². The van der Waals surface area contributed by atoms with E-state index in [2.05, 4.69) is 45.5 Å². The monoisotopic (exact) mass is 253 g/mol. The van der Waals surface area contributed by atoms with E-state index in [9.17, 15) is 0 Å². The van der Waals surface area contributed by atoms with Gasteiger partial charge in [-0.2, -0.15) is 0 Å². The van der Waals surface area contributed by atoms with Gasteiger partial charge in [0.1, 0.15) is 0 Å². The van der Waals surface area contributed by atoms with Crippen molar-refractivity contribution in [3.8, 4) is 0 Å². The number of fused-ring (bicyclic) bond motifs is 2. The topological polar surface area (TPSA) is 28.2 Å². The maximum absolute atomic E-state index is 4.45. The summed E-state index contributed by atoms with van der Waals surface area (Å²) < 4.78 is 0. The summed E-state index contributed by atoms with van der Waals surface area (Å²) in [5.41, 5.74) is 2.53. The van der Waals surface area contributed by atoms with Crippen LogP contribution in [0.1, 0.15) is 5.56 Å². The van der Waals surface area contributed by atoms with Crippen molar-refractivity contribution in [3.63, 3.8) is 0 Å². The van der Waals surface area contributed by atoms with Crippen LogP contribution >= 0.6 is 0 Å².